The third kappa shape index (κ3) is 3.70. The van der Waals surface area contributed by atoms with E-state index in [9.17, 15) is 0 Å². The molecule has 0 saturated heterocycles. The lowest BCUT2D eigenvalue weighted by atomic mass is 10.1. The zero-order chi connectivity index (χ0) is 13.5. The van der Waals surface area contributed by atoms with Crippen LogP contribution < -0.4 is 10.1 Å². The van der Waals surface area contributed by atoms with Crippen molar-refractivity contribution in [3.8, 4) is 5.75 Å². The SMILES string of the molecule is CCCC(CC)NCc1ncc(C)c(OC)c1C. The normalized spacial score (nSPS) is 12.5. The predicted molar refractivity (Wildman–Crippen MR) is 76.1 cm³/mol. The van der Waals surface area contributed by atoms with E-state index in [1.165, 1.54) is 12.8 Å². The summed E-state index contributed by atoms with van der Waals surface area (Å²) in [5.41, 5.74) is 3.34. The van der Waals surface area contributed by atoms with Gasteiger partial charge in [0, 0.05) is 29.9 Å². The van der Waals surface area contributed by atoms with E-state index in [2.05, 4.69) is 31.1 Å². The average molecular weight is 250 g/mol. The molecule has 1 aromatic rings. The molecule has 0 fully saturated rings. The zero-order valence-electron chi connectivity index (χ0n) is 12.3. The minimum Gasteiger partial charge on any atom is -0.496 e. The number of rotatable bonds is 7. The van der Waals surface area contributed by atoms with Gasteiger partial charge < -0.3 is 10.1 Å². The molecule has 3 nitrogen and oxygen atoms in total. The largest absolute Gasteiger partial charge is 0.496 e. The summed E-state index contributed by atoms with van der Waals surface area (Å²) in [4.78, 5) is 4.51. The molecule has 1 N–H and O–H groups in total. The second-order valence-electron chi connectivity index (χ2n) is 4.82. The first-order chi connectivity index (χ1) is 8.63. The molecule has 1 rings (SSSR count). The molecule has 0 aromatic carbocycles. The first-order valence-electron chi connectivity index (χ1n) is 6.86. The van der Waals surface area contributed by atoms with Crippen LogP contribution in [0.5, 0.6) is 5.75 Å². The third-order valence-corrected chi connectivity index (χ3v) is 3.44. The molecule has 0 radical (unpaired) electrons. The van der Waals surface area contributed by atoms with Crippen LogP contribution in [0.2, 0.25) is 0 Å². The van der Waals surface area contributed by atoms with E-state index in [-0.39, 0.29) is 0 Å². The number of aromatic nitrogens is 1. The Bertz CT molecular complexity index is 377. The highest BCUT2D eigenvalue weighted by Crippen LogP contribution is 2.23. The van der Waals surface area contributed by atoms with Crippen LogP contribution in [0.4, 0.5) is 0 Å². The van der Waals surface area contributed by atoms with E-state index in [1.54, 1.807) is 7.11 Å². The number of pyridine rings is 1. The van der Waals surface area contributed by atoms with Crippen LogP contribution >= 0.6 is 0 Å². The minimum atomic E-state index is 0.587. The predicted octanol–water partition coefficient (Wildman–Crippen LogP) is 3.38. The number of nitrogens with one attached hydrogen (secondary N) is 1. The van der Waals surface area contributed by atoms with Crippen molar-refractivity contribution in [3.05, 3.63) is 23.0 Å². The topological polar surface area (TPSA) is 34.2 Å². The maximum Gasteiger partial charge on any atom is 0.128 e. The van der Waals surface area contributed by atoms with Gasteiger partial charge in [0.1, 0.15) is 5.75 Å². The second kappa shape index (κ2) is 7.37. The van der Waals surface area contributed by atoms with E-state index in [4.69, 9.17) is 4.74 Å². The molecular formula is C15H26N2O. The fraction of sp³-hybridized carbons (Fsp3) is 0.667. The maximum absolute atomic E-state index is 5.43. The summed E-state index contributed by atoms with van der Waals surface area (Å²) in [6.07, 6.45) is 5.49. The Morgan fingerprint density at radius 2 is 2.06 bits per heavy atom. The second-order valence-corrected chi connectivity index (χ2v) is 4.82. The van der Waals surface area contributed by atoms with Gasteiger partial charge >= 0.3 is 0 Å². The van der Waals surface area contributed by atoms with Gasteiger partial charge in [-0.15, -0.1) is 0 Å². The van der Waals surface area contributed by atoms with Crippen LogP contribution in [0.1, 0.15) is 49.9 Å². The molecule has 102 valence electrons. The highest BCUT2D eigenvalue weighted by molar-refractivity contribution is 5.40. The Labute approximate surface area is 111 Å². The van der Waals surface area contributed by atoms with Crippen molar-refractivity contribution in [2.24, 2.45) is 0 Å². The summed E-state index contributed by atoms with van der Waals surface area (Å²) in [6, 6.07) is 0.587. The van der Waals surface area contributed by atoms with Gasteiger partial charge in [0.15, 0.2) is 0 Å². The molecular weight excluding hydrogens is 224 g/mol. The van der Waals surface area contributed by atoms with Gasteiger partial charge in [0.25, 0.3) is 0 Å². The minimum absolute atomic E-state index is 0.587. The van der Waals surface area contributed by atoms with Crippen molar-refractivity contribution >= 4 is 0 Å². The number of nitrogens with zero attached hydrogens (tertiary/aromatic N) is 1. The van der Waals surface area contributed by atoms with Crippen LogP contribution in [0.3, 0.4) is 0 Å². The van der Waals surface area contributed by atoms with Gasteiger partial charge in [-0.3, -0.25) is 4.98 Å². The first kappa shape index (κ1) is 15.0. The van der Waals surface area contributed by atoms with Crippen LogP contribution in [-0.4, -0.2) is 18.1 Å². The summed E-state index contributed by atoms with van der Waals surface area (Å²) < 4.78 is 5.43. The van der Waals surface area contributed by atoms with E-state index < -0.39 is 0 Å². The molecule has 0 amide bonds. The summed E-state index contributed by atoms with van der Waals surface area (Å²) in [6.45, 7) is 9.38. The Morgan fingerprint density at radius 1 is 1.33 bits per heavy atom. The third-order valence-electron chi connectivity index (χ3n) is 3.44. The molecule has 1 aromatic heterocycles. The maximum atomic E-state index is 5.43. The summed E-state index contributed by atoms with van der Waals surface area (Å²) in [5.74, 6) is 0.963. The molecule has 1 unspecified atom stereocenters. The molecule has 0 saturated carbocycles. The van der Waals surface area contributed by atoms with Crippen LogP contribution in [0.15, 0.2) is 6.20 Å². The van der Waals surface area contributed by atoms with Crippen LogP contribution in [0.25, 0.3) is 0 Å². The van der Waals surface area contributed by atoms with Gasteiger partial charge in [-0.1, -0.05) is 20.3 Å². The van der Waals surface area contributed by atoms with Crippen molar-refractivity contribution in [1.82, 2.24) is 10.3 Å². The Balaban J connectivity index is 2.73. The van der Waals surface area contributed by atoms with Crippen LogP contribution in [0, 0.1) is 13.8 Å². The van der Waals surface area contributed by atoms with Gasteiger partial charge in [-0.25, -0.2) is 0 Å². The molecule has 18 heavy (non-hydrogen) atoms. The van der Waals surface area contributed by atoms with Crippen molar-refractivity contribution < 1.29 is 4.74 Å². The highest BCUT2D eigenvalue weighted by Gasteiger charge is 2.11. The summed E-state index contributed by atoms with van der Waals surface area (Å²) in [7, 11) is 1.72. The lowest BCUT2D eigenvalue weighted by Crippen LogP contribution is -2.28. The fourth-order valence-corrected chi connectivity index (χ4v) is 2.29. The molecule has 1 heterocycles. The smallest absolute Gasteiger partial charge is 0.128 e. The molecule has 0 aliphatic carbocycles. The standard InChI is InChI=1S/C15H26N2O/c1-6-8-13(7-2)16-10-14-12(4)15(18-5)11(3)9-17-14/h9,13,16H,6-8,10H2,1-5H3. The molecule has 0 aliphatic heterocycles. The number of aryl methyl sites for hydroxylation is 1. The number of hydrogen-bond donors (Lipinski definition) is 1. The molecule has 0 bridgehead atoms. The number of ether oxygens (including phenoxy) is 1. The monoisotopic (exact) mass is 250 g/mol. The lowest BCUT2D eigenvalue weighted by molar-refractivity contribution is 0.405. The van der Waals surface area contributed by atoms with E-state index >= 15 is 0 Å². The molecule has 1 atom stereocenters. The van der Waals surface area contributed by atoms with Crippen molar-refractivity contribution in [3.63, 3.8) is 0 Å². The van der Waals surface area contributed by atoms with Crippen molar-refractivity contribution in [2.45, 2.75) is 59.5 Å². The quantitative estimate of drug-likeness (QED) is 0.805. The van der Waals surface area contributed by atoms with Gasteiger partial charge in [0.05, 0.1) is 12.8 Å². The summed E-state index contributed by atoms with van der Waals surface area (Å²) >= 11 is 0. The summed E-state index contributed by atoms with van der Waals surface area (Å²) in [5, 5.41) is 3.58. The molecule has 0 spiro atoms. The van der Waals surface area contributed by atoms with Crippen molar-refractivity contribution in [1.29, 1.82) is 0 Å². The van der Waals surface area contributed by atoms with Gasteiger partial charge in [-0.2, -0.15) is 0 Å². The molecule has 3 heteroatoms. The lowest BCUT2D eigenvalue weighted by Gasteiger charge is -2.18. The first-order valence-corrected chi connectivity index (χ1v) is 6.86. The Kier molecular flexibility index (Phi) is 6.13. The number of methoxy groups -OCH3 is 1. The van der Waals surface area contributed by atoms with Gasteiger partial charge in [-0.05, 0) is 26.7 Å². The fourth-order valence-electron chi connectivity index (χ4n) is 2.29. The average Bonchev–Trinajstić information content (AvgIpc) is 2.37. The zero-order valence-corrected chi connectivity index (χ0v) is 12.3. The van der Waals surface area contributed by atoms with E-state index in [0.29, 0.717) is 6.04 Å². The van der Waals surface area contributed by atoms with Gasteiger partial charge in [0.2, 0.25) is 0 Å². The Morgan fingerprint density at radius 3 is 2.61 bits per heavy atom. The highest BCUT2D eigenvalue weighted by atomic mass is 16.5. The van der Waals surface area contributed by atoms with Crippen molar-refractivity contribution in [2.75, 3.05) is 7.11 Å². The molecule has 0 aliphatic rings. The van der Waals surface area contributed by atoms with E-state index in [1.807, 2.05) is 13.1 Å². The van der Waals surface area contributed by atoms with Crippen LogP contribution in [-0.2, 0) is 6.54 Å². The Hall–Kier alpha value is -1.09. The van der Waals surface area contributed by atoms with E-state index in [0.717, 1.165) is 35.5 Å². The number of hydrogen-bond acceptors (Lipinski definition) is 3.